The molecule has 0 atom stereocenters. The molecule has 0 unspecified atom stereocenters. The van der Waals surface area contributed by atoms with Gasteiger partial charge in [0, 0.05) is 31.7 Å². The highest BCUT2D eigenvalue weighted by atomic mass is 16.5. The maximum Gasteiger partial charge on any atom is 0.317 e. The highest BCUT2D eigenvalue weighted by molar-refractivity contribution is 5.80. The summed E-state index contributed by atoms with van der Waals surface area (Å²) in [5, 5.41) is 2.97. The molecule has 0 radical (unpaired) electrons. The number of nitrogens with one attached hydrogen (secondary N) is 1. The fourth-order valence-electron chi connectivity index (χ4n) is 3.10. The van der Waals surface area contributed by atoms with Crippen LogP contribution in [0.2, 0.25) is 0 Å². The van der Waals surface area contributed by atoms with Crippen LogP contribution in [0.25, 0.3) is 0 Å². The van der Waals surface area contributed by atoms with Crippen LogP contribution in [0.1, 0.15) is 37.5 Å². The quantitative estimate of drug-likeness (QED) is 0.900. The van der Waals surface area contributed by atoms with E-state index >= 15 is 0 Å². The van der Waals surface area contributed by atoms with Crippen molar-refractivity contribution in [3.63, 3.8) is 0 Å². The summed E-state index contributed by atoms with van der Waals surface area (Å²) in [4.78, 5) is 28.5. The number of carbonyl (C=O) groups excluding carboxylic acids is 2. The number of amides is 3. The number of benzene rings is 1. The first-order valence-electron chi connectivity index (χ1n) is 9.10. The number of hydrogen-bond acceptors (Lipinski definition) is 3. The molecule has 6 heteroatoms. The Balaban J connectivity index is 1.93. The summed E-state index contributed by atoms with van der Waals surface area (Å²) in [6.45, 7) is 12.2. The highest BCUT2D eigenvalue weighted by Crippen LogP contribution is 2.24. The SMILES string of the molecule is COc1ccc(CC(=O)N2CCN(C(=O)NC(C)(C)C)CC2)c(C)c1C. The van der Waals surface area contributed by atoms with Gasteiger partial charge >= 0.3 is 6.03 Å². The third kappa shape index (κ3) is 4.90. The van der Waals surface area contributed by atoms with E-state index in [2.05, 4.69) is 5.32 Å². The first-order chi connectivity index (χ1) is 12.1. The average Bonchev–Trinajstić information content (AvgIpc) is 2.58. The molecule has 144 valence electrons. The number of methoxy groups -OCH3 is 1. The molecule has 1 aliphatic rings. The minimum absolute atomic E-state index is 0.0637. The molecule has 2 rings (SSSR count). The fraction of sp³-hybridized carbons (Fsp3) is 0.600. The summed E-state index contributed by atoms with van der Waals surface area (Å²) in [6, 6.07) is 3.82. The molecule has 1 aromatic rings. The van der Waals surface area contributed by atoms with Crippen LogP contribution in [0.3, 0.4) is 0 Å². The molecule has 1 saturated heterocycles. The van der Waals surface area contributed by atoms with Gasteiger partial charge in [-0.2, -0.15) is 0 Å². The summed E-state index contributed by atoms with van der Waals surface area (Å²) < 4.78 is 5.33. The Kier molecular flexibility index (Phi) is 6.16. The van der Waals surface area contributed by atoms with Crippen molar-refractivity contribution in [2.45, 2.75) is 46.6 Å². The van der Waals surface area contributed by atoms with Crippen LogP contribution in [0.4, 0.5) is 4.79 Å². The highest BCUT2D eigenvalue weighted by Gasteiger charge is 2.26. The minimum atomic E-state index is -0.256. The van der Waals surface area contributed by atoms with E-state index in [1.54, 1.807) is 12.0 Å². The molecule has 1 aliphatic heterocycles. The van der Waals surface area contributed by atoms with E-state index in [-0.39, 0.29) is 17.5 Å². The minimum Gasteiger partial charge on any atom is -0.496 e. The maximum atomic E-state index is 12.7. The van der Waals surface area contributed by atoms with E-state index in [1.807, 2.05) is 51.7 Å². The zero-order valence-electron chi connectivity index (χ0n) is 16.8. The van der Waals surface area contributed by atoms with Crippen molar-refractivity contribution in [2.75, 3.05) is 33.3 Å². The molecule has 6 nitrogen and oxygen atoms in total. The Hall–Kier alpha value is -2.24. The Morgan fingerprint density at radius 2 is 1.62 bits per heavy atom. The normalized spacial score (nSPS) is 15.0. The monoisotopic (exact) mass is 361 g/mol. The molecule has 0 spiro atoms. The second-order valence-electron chi connectivity index (χ2n) is 7.90. The van der Waals surface area contributed by atoms with Crippen LogP contribution in [0.15, 0.2) is 12.1 Å². The molecular weight excluding hydrogens is 330 g/mol. The largest absolute Gasteiger partial charge is 0.496 e. The zero-order chi connectivity index (χ0) is 19.5. The maximum absolute atomic E-state index is 12.7. The smallest absolute Gasteiger partial charge is 0.317 e. The summed E-state index contributed by atoms with van der Waals surface area (Å²) in [5.74, 6) is 0.950. The third-order valence-corrected chi connectivity index (χ3v) is 4.81. The summed E-state index contributed by atoms with van der Waals surface area (Å²) >= 11 is 0. The Morgan fingerprint density at radius 3 is 2.15 bits per heavy atom. The number of carbonyl (C=O) groups is 2. The van der Waals surface area contributed by atoms with E-state index < -0.39 is 0 Å². The first-order valence-corrected chi connectivity index (χ1v) is 9.10. The Labute approximate surface area is 156 Å². The van der Waals surface area contributed by atoms with Crippen molar-refractivity contribution in [1.29, 1.82) is 0 Å². The number of ether oxygens (including phenoxy) is 1. The number of piperazine rings is 1. The zero-order valence-corrected chi connectivity index (χ0v) is 16.8. The number of rotatable bonds is 3. The summed E-state index contributed by atoms with van der Waals surface area (Å²) in [6.07, 6.45) is 0.380. The predicted octanol–water partition coefficient (Wildman–Crippen LogP) is 2.51. The van der Waals surface area contributed by atoms with Gasteiger partial charge in [0.05, 0.1) is 13.5 Å². The first kappa shape index (κ1) is 20.1. The van der Waals surface area contributed by atoms with Crippen molar-refractivity contribution < 1.29 is 14.3 Å². The lowest BCUT2D eigenvalue weighted by molar-refractivity contribution is -0.131. The van der Waals surface area contributed by atoms with Crippen LogP contribution in [0.5, 0.6) is 5.75 Å². The van der Waals surface area contributed by atoms with E-state index in [9.17, 15) is 9.59 Å². The molecule has 0 aromatic heterocycles. The van der Waals surface area contributed by atoms with Gasteiger partial charge in [0.25, 0.3) is 0 Å². The van der Waals surface area contributed by atoms with Gasteiger partial charge in [0.15, 0.2) is 0 Å². The topological polar surface area (TPSA) is 61.9 Å². The van der Waals surface area contributed by atoms with Crippen molar-refractivity contribution in [3.05, 3.63) is 28.8 Å². The molecule has 1 aromatic carbocycles. The molecule has 0 saturated carbocycles. The van der Waals surface area contributed by atoms with E-state index in [0.717, 1.165) is 22.4 Å². The van der Waals surface area contributed by atoms with Crippen LogP contribution in [-0.4, -0.2) is 60.6 Å². The van der Waals surface area contributed by atoms with Gasteiger partial charge in [0.2, 0.25) is 5.91 Å². The van der Waals surface area contributed by atoms with Gasteiger partial charge in [-0.05, 0) is 57.4 Å². The van der Waals surface area contributed by atoms with Crippen LogP contribution >= 0.6 is 0 Å². The lowest BCUT2D eigenvalue weighted by Gasteiger charge is -2.36. The number of nitrogens with zero attached hydrogens (tertiary/aromatic N) is 2. The van der Waals surface area contributed by atoms with Crippen LogP contribution < -0.4 is 10.1 Å². The van der Waals surface area contributed by atoms with Gasteiger partial charge < -0.3 is 19.9 Å². The molecule has 1 fully saturated rings. The number of urea groups is 1. The van der Waals surface area contributed by atoms with Gasteiger partial charge in [-0.15, -0.1) is 0 Å². The molecule has 1 N–H and O–H groups in total. The second-order valence-corrected chi connectivity index (χ2v) is 7.90. The molecule has 3 amide bonds. The molecule has 0 bridgehead atoms. The van der Waals surface area contributed by atoms with Crippen molar-refractivity contribution >= 4 is 11.9 Å². The van der Waals surface area contributed by atoms with Gasteiger partial charge in [-0.25, -0.2) is 4.79 Å². The Morgan fingerprint density at radius 1 is 1.04 bits per heavy atom. The molecular formula is C20H31N3O3. The van der Waals surface area contributed by atoms with Crippen LogP contribution in [0, 0.1) is 13.8 Å². The lowest BCUT2D eigenvalue weighted by atomic mass is 9.99. The van der Waals surface area contributed by atoms with Crippen molar-refractivity contribution in [3.8, 4) is 5.75 Å². The number of hydrogen-bond donors (Lipinski definition) is 1. The molecule has 0 aliphatic carbocycles. The second kappa shape index (κ2) is 7.98. The van der Waals surface area contributed by atoms with Crippen molar-refractivity contribution in [2.24, 2.45) is 0 Å². The van der Waals surface area contributed by atoms with E-state index in [1.165, 1.54) is 0 Å². The van der Waals surface area contributed by atoms with E-state index in [4.69, 9.17) is 4.74 Å². The van der Waals surface area contributed by atoms with Crippen LogP contribution in [-0.2, 0) is 11.2 Å². The lowest BCUT2D eigenvalue weighted by Crippen LogP contribution is -2.56. The third-order valence-electron chi connectivity index (χ3n) is 4.81. The molecule has 1 heterocycles. The van der Waals surface area contributed by atoms with Gasteiger partial charge in [0.1, 0.15) is 5.75 Å². The fourth-order valence-corrected chi connectivity index (χ4v) is 3.10. The van der Waals surface area contributed by atoms with Gasteiger partial charge in [-0.3, -0.25) is 4.79 Å². The summed E-state index contributed by atoms with van der Waals surface area (Å²) in [5.41, 5.74) is 2.94. The van der Waals surface area contributed by atoms with E-state index in [0.29, 0.717) is 32.6 Å². The Bertz CT molecular complexity index is 672. The summed E-state index contributed by atoms with van der Waals surface area (Å²) in [7, 11) is 1.65. The molecule has 26 heavy (non-hydrogen) atoms. The van der Waals surface area contributed by atoms with Gasteiger partial charge in [-0.1, -0.05) is 6.07 Å². The van der Waals surface area contributed by atoms with Crippen molar-refractivity contribution in [1.82, 2.24) is 15.1 Å². The predicted molar refractivity (Wildman–Crippen MR) is 103 cm³/mol. The standard InChI is InChI=1S/C20H31N3O3/c1-14-15(2)17(26-6)8-7-16(14)13-18(24)22-9-11-23(12-10-22)19(25)21-20(3,4)5/h7-8H,9-13H2,1-6H3,(H,21,25). The average molecular weight is 361 g/mol.